The maximum atomic E-state index is 9.37. The molecule has 0 aromatic carbocycles. The fourth-order valence-corrected chi connectivity index (χ4v) is 2.46. The van der Waals surface area contributed by atoms with Crippen molar-refractivity contribution in [3.63, 3.8) is 0 Å². The standard InChI is InChI=1S/C8H11NO/c9-4-6-1-5-2-7(6)8(10)3-5/h5-8,10H,1-3H2/t5-,6+,7+,8+/m1/s1. The lowest BCUT2D eigenvalue weighted by molar-refractivity contribution is 0.0960. The normalized spacial score (nSPS) is 51.2. The van der Waals surface area contributed by atoms with Gasteiger partial charge in [-0.2, -0.15) is 5.26 Å². The number of aliphatic hydroxyl groups excluding tert-OH is 1. The van der Waals surface area contributed by atoms with E-state index in [0.29, 0.717) is 11.8 Å². The molecule has 54 valence electrons. The Morgan fingerprint density at radius 2 is 2.10 bits per heavy atom. The fraction of sp³-hybridized carbons (Fsp3) is 0.875. The fourth-order valence-electron chi connectivity index (χ4n) is 2.46. The Morgan fingerprint density at radius 3 is 2.50 bits per heavy atom. The first kappa shape index (κ1) is 6.18. The summed E-state index contributed by atoms with van der Waals surface area (Å²) in [6.45, 7) is 0. The van der Waals surface area contributed by atoms with Crippen LogP contribution in [-0.4, -0.2) is 11.2 Å². The molecule has 0 radical (unpaired) electrons. The lowest BCUT2D eigenvalue weighted by Gasteiger charge is -2.19. The van der Waals surface area contributed by atoms with Crippen molar-refractivity contribution in [2.24, 2.45) is 17.8 Å². The molecule has 2 nitrogen and oxygen atoms in total. The van der Waals surface area contributed by atoms with Gasteiger partial charge < -0.3 is 5.11 Å². The second-order valence-corrected chi connectivity index (χ2v) is 3.54. The molecule has 2 saturated carbocycles. The van der Waals surface area contributed by atoms with Gasteiger partial charge in [-0.1, -0.05) is 0 Å². The van der Waals surface area contributed by atoms with Gasteiger partial charge in [0.25, 0.3) is 0 Å². The Morgan fingerprint density at radius 1 is 1.30 bits per heavy atom. The molecule has 0 heterocycles. The lowest BCUT2D eigenvalue weighted by atomic mass is 9.88. The van der Waals surface area contributed by atoms with Crippen molar-refractivity contribution in [1.29, 1.82) is 5.26 Å². The molecule has 2 rings (SSSR count). The predicted molar refractivity (Wildman–Crippen MR) is 35.9 cm³/mol. The van der Waals surface area contributed by atoms with Gasteiger partial charge in [-0.25, -0.2) is 0 Å². The maximum Gasteiger partial charge on any atom is 0.0659 e. The van der Waals surface area contributed by atoms with Crippen LogP contribution >= 0.6 is 0 Å². The molecule has 0 amide bonds. The first-order chi connectivity index (χ1) is 4.81. The number of rotatable bonds is 0. The minimum atomic E-state index is -0.164. The van der Waals surface area contributed by atoms with Crippen molar-refractivity contribution in [2.75, 3.05) is 0 Å². The highest BCUT2D eigenvalue weighted by molar-refractivity contribution is 5.03. The smallest absolute Gasteiger partial charge is 0.0659 e. The molecule has 2 heteroatoms. The van der Waals surface area contributed by atoms with Gasteiger partial charge in [0.05, 0.1) is 18.1 Å². The molecule has 1 N–H and O–H groups in total. The summed E-state index contributed by atoms with van der Waals surface area (Å²) in [6, 6.07) is 2.27. The summed E-state index contributed by atoms with van der Waals surface area (Å²) in [5.41, 5.74) is 0. The number of hydrogen-bond acceptors (Lipinski definition) is 2. The van der Waals surface area contributed by atoms with Crippen LogP contribution in [-0.2, 0) is 0 Å². The van der Waals surface area contributed by atoms with Crippen LogP contribution in [0.5, 0.6) is 0 Å². The third-order valence-corrected chi connectivity index (χ3v) is 2.94. The zero-order valence-corrected chi connectivity index (χ0v) is 5.83. The zero-order valence-electron chi connectivity index (χ0n) is 5.83. The Balaban J connectivity index is 2.14. The summed E-state index contributed by atoms with van der Waals surface area (Å²) in [7, 11) is 0. The number of hydrogen-bond donors (Lipinski definition) is 1. The Labute approximate surface area is 60.5 Å². The molecular weight excluding hydrogens is 126 g/mol. The minimum Gasteiger partial charge on any atom is -0.393 e. The molecule has 2 fully saturated rings. The third kappa shape index (κ3) is 0.674. The van der Waals surface area contributed by atoms with Gasteiger partial charge in [-0.15, -0.1) is 0 Å². The molecule has 2 bridgehead atoms. The number of fused-ring (bicyclic) bond motifs is 2. The van der Waals surface area contributed by atoms with E-state index in [0.717, 1.165) is 19.3 Å². The summed E-state index contributed by atoms with van der Waals surface area (Å²) in [6.07, 6.45) is 2.92. The Kier molecular flexibility index (Phi) is 1.21. The van der Waals surface area contributed by atoms with E-state index in [1.807, 2.05) is 0 Å². The van der Waals surface area contributed by atoms with Gasteiger partial charge in [0, 0.05) is 5.92 Å². The quantitative estimate of drug-likeness (QED) is 0.539. The average Bonchev–Trinajstić information content (AvgIpc) is 2.44. The molecule has 0 unspecified atom stereocenters. The van der Waals surface area contributed by atoms with Crippen LogP contribution in [0.4, 0.5) is 0 Å². The van der Waals surface area contributed by atoms with Gasteiger partial charge >= 0.3 is 0 Å². The molecule has 0 aliphatic heterocycles. The van der Waals surface area contributed by atoms with E-state index >= 15 is 0 Å². The van der Waals surface area contributed by atoms with Gasteiger partial charge in [-0.05, 0) is 25.2 Å². The first-order valence-corrected chi connectivity index (χ1v) is 3.89. The van der Waals surface area contributed by atoms with Crippen molar-refractivity contribution < 1.29 is 5.11 Å². The molecule has 0 saturated heterocycles. The monoisotopic (exact) mass is 137 g/mol. The lowest BCUT2D eigenvalue weighted by Crippen LogP contribution is -2.22. The summed E-state index contributed by atoms with van der Waals surface area (Å²) in [4.78, 5) is 0. The van der Waals surface area contributed by atoms with Crippen LogP contribution in [0.25, 0.3) is 0 Å². The van der Waals surface area contributed by atoms with Gasteiger partial charge in [0.15, 0.2) is 0 Å². The molecular formula is C8H11NO. The van der Waals surface area contributed by atoms with Crippen LogP contribution in [0.15, 0.2) is 0 Å². The van der Waals surface area contributed by atoms with E-state index < -0.39 is 0 Å². The van der Waals surface area contributed by atoms with Crippen molar-refractivity contribution in [3.05, 3.63) is 0 Å². The Bertz CT molecular complexity index is 184. The number of aliphatic hydroxyl groups is 1. The van der Waals surface area contributed by atoms with Crippen molar-refractivity contribution in [2.45, 2.75) is 25.4 Å². The second kappa shape index (κ2) is 1.96. The van der Waals surface area contributed by atoms with E-state index in [4.69, 9.17) is 5.26 Å². The molecule has 4 atom stereocenters. The Hall–Kier alpha value is -0.550. The molecule has 0 aromatic rings. The number of nitriles is 1. The van der Waals surface area contributed by atoms with Crippen molar-refractivity contribution in [3.8, 4) is 6.07 Å². The van der Waals surface area contributed by atoms with Crippen molar-refractivity contribution in [1.82, 2.24) is 0 Å². The molecule has 2 aliphatic carbocycles. The SMILES string of the molecule is N#C[C@@H]1C[C@@H]2C[C@@H]1[C@@H](O)C2. The molecule has 0 spiro atoms. The molecule has 0 aromatic heterocycles. The summed E-state index contributed by atoms with van der Waals surface area (Å²) in [5.74, 6) is 1.13. The highest BCUT2D eigenvalue weighted by atomic mass is 16.3. The highest BCUT2D eigenvalue weighted by Crippen LogP contribution is 2.47. The van der Waals surface area contributed by atoms with E-state index in [1.54, 1.807) is 0 Å². The van der Waals surface area contributed by atoms with E-state index in [9.17, 15) is 5.11 Å². The average molecular weight is 137 g/mol. The zero-order chi connectivity index (χ0) is 7.14. The minimum absolute atomic E-state index is 0.161. The maximum absolute atomic E-state index is 9.37. The van der Waals surface area contributed by atoms with Gasteiger partial charge in [0.2, 0.25) is 0 Å². The largest absolute Gasteiger partial charge is 0.393 e. The summed E-state index contributed by atoms with van der Waals surface area (Å²) >= 11 is 0. The third-order valence-electron chi connectivity index (χ3n) is 2.94. The first-order valence-electron chi connectivity index (χ1n) is 3.89. The topological polar surface area (TPSA) is 44.0 Å². The van der Waals surface area contributed by atoms with E-state index in [-0.39, 0.29) is 12.0 Å². The molecule has 10 heavy (non-hydrogen) atoms. The van der Waals surface area contributed by atoms with Gasteiger partial charge in [-0.3, -0.25) is 0 Å². The molecule has 2 aliphatic rings. The second-order valence-electron chi connectivity index (χ2n) is 3.54. The highest BCUT2D eigenvalue weighted by Gasteiger charge is 2.45. The van der Waals surface area contributed by atoms with Crippen LogP contribution < -0.4 is 0 Å². The summed E-state index contributed by atoms with van der Waals surface area (Å²) in [5, 5.41) is 18.0. The van der Waals surface area contributed by atoms with Crippen LogP contribution in [0.3, 0.4) is 0 Å². The number of nitrogens with zero attached hydrogens (tertiary/aromatic N) is 1. The predicted octanol–water partition coefficient (Wildman–Crippen LogP) is 0.917. The summed E-state index contributed by atoms with van der Waals surface area (Å²) < 4.78 is 0. The van der Waals surface area contributed by atoms with Crippen LogP contribution in [0, 0.1) is 29.1 Å². The van der Waals surface area contributed by atoms with Crippen LogP contribution in [0.1, 0.15) is 19.3 Å². The van der Waals surface area contributed by atoms with Crippen LogP contribution in [0.2, 0.25) is 0 Å². The van der Waals surface area contributed by atoms with Gasteiger partial charge in [0.1, 0.15) is 0 Å². The van der Waals surface area contributed by atoms with E-state index in [2.05, 4.69) is 6.07 Å². The van der Waals surface area contributed by atoms with E-state index in [1.165, 1.54) is 0 Å². The van der Waals surface area contributed by atoms with Crippen molar-refractivity contribution >= 4 is 0 Å².